The van der Waals surface area contributed by atoms with Gasteiger partial charge in [0.25, 0.3) is 5.69 Å². The van der Waals surface area contributed by atoms with Gasteiger partial charge in [-0.05, 0) is 24.3 Å². The summed E-state index contributed by atoms with van der Waals surface area (Å²) in [5, 5.41) is 11.3. The lowest BCUT2D eigenvalue weighted by Gasteiger charge is -2.06. The van der Waals surface area contributed by atoms with E-state index >= 15 is 0 Å². The molecule has 0 fully saturated rings. The summed E-state index contributed by atoms with van der Waals surface area (Å²) < 4.78 is 1.43. The van der Waals surface area contributed by atoms with Gasteiger partial charge in [0.2, 0.25) is 0 Å². The number of nitro benzene ring substituents is 1. The largest absolute Gasteiger partial charge is 0.308 e. The molecule has 0 aliphatic carbocycles. The summed E-state index contributed by atoms with van der Waals surface area (Å²) in [6, 6.07) is 7.40. The summed E-state index contributed by atoms with van der Waals surface area (Å²) >= 11 is 5.81. The fraction of sp³-hybridized carbons (Fsp3) is 0. The van der Waals surface area contributed by atoms with E-state index in [1.54, 1.807) is 18.3 Å². The Morgan fingerprint density at radius 1 is 1.35 bits per heavy atom. The zero-order chi connectivity index (χ0) is 12.4. The molecule has 0 aliphatic rings. The first-order valence-electron chi connectivity index (χ1n) is 4.70. The number of carbonyl (C=O) groups is 1. The van der Waals surface area contributed by atoms with Gasteiger partial charge < -0.3 is 4.57 Å². The average molecular weight is 251 g/mol. The van der Waals surface area contributed by atoms with Crippen molar-refractivity contribution in [2.24, 2.45) is 0 Å². The second kappa shape index (κ2) is 4.39. The van der Waals surface area contributed by atoms with Gasteiger partial charge in [0, 0.05) is 17.3 Å². The van der Waals surface area contributed by atoms with Crippen LogP contribution in [0.4, 0.5) is 5.69 Å². The van der Waals surface area contributed by atoms with Crippen molar-refractivity contribution in [1.82, 2.24) is 4.57 Å². The van der Waals surface area contributed by atoms with Crippen LogP contribution in [0.15, 0.2) is 36.5 Å². The number of nitro groups is 1. The van der Waals surface area contributed by atoms with Gasteiger partial charge in [0.1, 0.15) is 5.69 Å². The molecule has 2 aromatic rings. The highest BCUT2D eigenvalue weighted by atomic mass is 35.5. The van der Waals surface area contributed by atoms with E-state index in [2.05, 4.69) is 0 Å². The predicted molar refractivity (Wildman–Crippen MR) is 62.8 cm³/mol. The van der Waals surface area contributed by atoms with Crippen LogP contribution >= 0.6 is 11.6 Å². The summed E-state index contributed by atoms with van der Waals surface area (Å²) in [7, 11) is 0. The zero-order valence-corrected chi connectivity index (χ0v) is 9.29. The highest BCUT2D eigenvalue weighted by Gasteiger charge is 2.16. The molecule has 1 aromatic carbocycles. The molecule has 86 valence electrons. The van der Waals surface area contributed by atoms with E-state index in [0.29, 0.717) is 17.0 Å². The van der Waals surface area contributed by atoms with Gasteiger partial charge in [-0.25, -0.2) is 0 Å². The van der Waals surface area contributed by atoms with Crippen molar-refractivity contribution in [3.63, 3.8) is 0 Å². The maximum atomic E-state index is 10.9. The van der Waals surface area contributed by atoms with E-state index in [-0.39, 0.29) is 11.4 Å². The molecule has 0 unspecified atom stereocenters. The summed E-state index contributed by atoms with van der Waals surface area (Å²) in [6.07, 6.45) is 2.20. The fourth-order valence-corrected chi connectivity index (χ4v) is 1.72. The van der Waals surface area contributed by atoms with Crippen LogP contribution in [0.3, 0.4) is 0 Å². The number of hydrogen-bond acceptors (Lipinski definition) is 3. The molecule has 0 amide bonds. The van der Waals surface area contributed by atoms with Gasteiger partial charge in [-0.1, -0.05) is 11.6 Å². The molecule has 1 aromatic heterocycles. The summed E-state index contributed by atoms with van der Waals surface area (Å²) in [4.78, 5) is 21.2. The number of rotatable bonds is 3. The van der Waals surface area contributed by atoms with E-state index < -0.39 is 4.92 Å². The Balaban J connectivity index is 2.69. The molecule has 0 radical (unpaired) electrons. The van der Waals surface area contributed by atoms with E-state index in [9.17, 15) is 14.9 Å². The molecule has 1 heterocycles. The van der Waals surface area contributed by atoms with Crippen molar-refractivity contribution in [2.45, 2.75) is 0 Å². The minimum atomic E-state index is -0.514. The first kappa shape index (κ1) is 11.3. The Bertz CT molecular complexity index is 592. The van der Waals surface area contributed by atoms with E-state index in [4.69, 9.17) is 11.6 Å². The van der Waals surface area contributed by atoms with Crippen molar-refractivity contribution in [3.05, 3.63) is 57.4 Å². The van der Waals surface area contributed by atoms with E-state index in [1.165, 1.54) is 22.8 Å². The summed E-state index contributed by atoms with van der Waals surface area (Å²) in [6.45, 7) is 0. The smallest absolute Gasteiger partial charge is 0.293 e. The molecule has 5 nitrogen and oxygen atoms in total. The number of hydrogen-bond donors (Lipinski definition) is 0. The Labute approximate surface area is 101 Å². The van der Waals surface area contributed by atoms with Gasteiger partial charge in [0.05, 0.1) is 10.6 Å². The molecule has 0 atom stereocenters. The second-order valence-corrected chi connectivity index (χ2v) is 3.75. The summed E-state index contributed by atoms with van der Waals surface area (Å²) in [5.41, 5.74) is 0.499. The van der Waals surface area contributed by atoms with Crippen molar-refractivity contribution in [2.75, 3.05) is 0 Å². The number of carbonyl (C=O) groups excluding carboxylic acids is 1. The SMILES string of the molecule is O=Cc1cccn1-c1cc(Cl)ccc1[N+](=O)[O-]. The molecule has 0 saturated heterocycles. The van der Waals surface area contributed by atoms with Crippen molar-refractivity contribution >= 4 is 23.6 Å². The monoisotopic (exact) mass is 250 g/mol. The minimum absolute atomic E-state index is 0.103. The van der Waals surface area contributed by atoms with Crippen LogP contribution in [-0.2, 0) is 0 Å². The standard InChI is InChI=1S/C11H7ClN2O3/c12-8-3-4-10(14(16)17)11(6-8)13-5-1-2-9(13)7-15/h1-7H. The number of aromatic nitrogens is 1. The van der Waals surface area contributed by atoms with Crippen molar-refractivity contribution in [3.8, 4) is 5.69 Å². The highest BCUT2D eigenvalue weighted by Crippen LogP contribution is 2.27. The number of aldehydes is 1. The average Bonchev–Trinajstić information content (AvgIpc) is 2.76. The van der Waals surface area contributed by atoms with Crippen LogP contribution in [0, 0.1) is 10.1 Å². The maximum Gasteiger partial charge on any atom is 0.293 e. The van der Waals surface area contributed by atoms with Crippen LogP contribution in [0.5, 0.6) is 0 Å². The van der Waals surface area contributed by atoms with Crippen LogP contribution in [0.2, 0.25) is 5.02 Å². The Hall–Kier alpha value is -2.14. The van der Waals surface area contributed by atoms with Crippen LogP contribution in [-0.4, -0.2) is 15.8 Å². The van der Waals surface area contributed by atoms with Gasteiger partial charge >= 0.3 is 0 Å². The minimum Gasteiger partial charge on any atom is -0.308 e. The highest BCUT2D eigenvalue weighted by molar-refractivity contribution is 6.30. The zero-order valence-electron chi connectivity index (χ0n) is 8.54. The predicted octanol–water partition coefficient (Wildman–Crippen LogP) is 2.85. The molecule has 6 heteroatoms. The molecule has 2 rings (SSSR count). The van der Waals surface area contributed by atoms with Crippen molar-refractivity contribution < 1.29 is 9.72 Å². The third-order valence-corrected chi connectivity index (χ3v) is 2.53. The Kier molecular flexibility index (Phi) is 2.93. The third-order valence-electron chi connectivity index (χ3n) is 2.29. The summed E-state index contributed by atoms with van der Waals surface area (Å²) in [5.74, 6) is 0. The van der Waals surface area contributed by atoms with Gasteiger partial charge in [-0.3, -0.25) is 14.9 Å². The Morgan fingerprint density at radius 3 is 2.76 bits per heavy atom. The van der Waals surface area contributed by atoms with Crippen molar-refractivity contribution in [1.29, 1.82) is 0 Å². The molecule has 17 heavy (non-hydrogen) atoms. The molecular weight excluding hydrogens is 244 g/mol. The van der Waals surface area contributed by atoms with E-state index in [1.807, 2.05) is 0 Å². The number of benzene rings is 1. The van der Waals surface area contributed by atoms with Crippen LogP contribution in [0.25, 0.3) is 5.69 Å². The van der Waals surface area contributed by atoms with Gasteiger partial charge in [0.15, 0.2) is 6.29 Å². The lowest BCUT2D eigenvalue weighted by atomic mass is 10.2. The lowest BCUT2D eigenvalue weighted by molar-refractivity contribution is -0.384. The number of halogens is 1. The van der Waals surface area contributed by atoms with Crippen LogP contribution in [0.1, 0.15) is 10.5 Å². The number of nitrogens with zero attached hydrogens (tertiary/aromatic N) is 2. The first-order chi connectivity index (χ1) is 8.13. The molecule has 0 N–H and O–H groups in total. The van der Waals surface area contributed by atoms with Gasteiger partial charge in [-0.15, -0.1) is 0 Å². The topological polar surface area (TPSA) is 65.1 Å². The molecule has 0 aliphatic heterocycles. The van der Waals surface area contributed by atoms with Crippen LogP contribution < -0.4 is 0 Å². The fourth-order valence-electron chi connectivity index (χ4n) is 1.55. The second-order valence-electron chi connectivity index (χ2n) is 3.31. The van der Waals surface area contributed by atoms with E-state index in [0.717, 1.165) is 0 Å². The normalized spacial score (nSPS) is 10.2. The molecule has 0 saturated carbocycles. The maximum absolute atomic E-state index is 10.9. The molecule has 0 bridgehead atoms. The quantitative estimate of drug-likeness (QED) is 0.478. The molecular formula is C11H7ClN2O3. The van der Waals surface area contributed by atoms with Gasteiger partial charge in [-0.2, -0.15) is 0 Å². The lowest BCUT2D eigenvalue weighted by Crippen LogP contribution is -2.02. The first-order valence-corrected chi connectivity index (χ1v) is 5.08. The Morgan fingerprint density at radius 2 is 2.12 bits per heavy atom. The molecule has 0 spiro atoms. The third kappa shape index (κ3) is 2.05.